The van der Waals surface area contributed by atoms with Gasteiger partial charge in [0.25, 0.3) is 0 Å². The monoisotopic (exact) mass is 479 g/mol. The van der Waals surface area contributed by atoms with Gasteiger partial charge in [-0.3, -0.25) is 4.79 Å². The fourth-order valence-electron chi connectivity index (χ4n) is 3.32. The van der Waals surface area contributed by atoms with Crippen LogP contribution >= 0.6 is 23.1 Å². The smallest absolute Gasteiger partial charge is 0.231 e. The van der Waals surface area contributed by atoms with Gasteiger partial charge in [0.2, 0.25) is 5.91 Å². The van der Waals surface area contributed by atoms with Crippen LogP contribution in [-0.4, -0.2) is 32.8 Å². The van der Waals surface area contributed by atoms with E-state index in [0.29, 0.717) is 5.75 Å². The zero-order valence-electron chi connectivity index (χ0n) is 18.7. The molecule has 0 unspecified atom stereocenters. The molecule has 0 aliphatic carbocycles. The summed E-state index contributed by atoms with van der Waals surface area (Å²) in [5.74, 6) is 2.13. The van der Waals surface area contributed by atoms with Gasteiger partial charge in [-0.2, -0.15) is 0 Å². The fourth-order valence-corrected chi connectivity index (χ4v) is 5.12. The third-order valence-electron chi connectivity index (χ3n) is 4.98. The number of nitrogens with one attached hydrogen (secondary N) is 1. The second kappa shape index (κ2) is 10.6. The van der Waals surface area contributed by atoms with Crippen molar-refractivity contribution in [2.75, 3.05) is 12.4 Å². The lowest BCUT2D eigenvalue weighted by Gasteiger charge is -2.10. The number of carbonyl (C=O) groups is 1. The van der Waals surface area contributed by atoms with E-state index in [0.717, 1.165) is 50.8 Å². The minimum absolute atomic E-state index is 0.0698. The third kappa shape index (κ3) is 5.61. The summed E-state index contributed by atoms with van der Waals surface area (Å²) < 4.78 is 7.56. The molecule has 0 bridgehead atoms. The van der Waals surface area contributed by atoms with Crippen LogP contribution in [0.5, 0.6) is 5.75 Å². The van der Waals surface area contributed by atoms with Crippen molar-refractivity contribution in [1.29, 1.82) is 0 Å². The molecule has 170 valence electrons. The highest BCUT2D eigenvalue weighted by Gasteiger charge is 2.17. The quantitative estimate of drug-likeness (QED) is 0.332. The Hall–Kier alpha value is -3.17. The van der Waals surface area contributed by atoms with Gasteiger partial charge in [0.1, 0.15) is 10.8 Å². The standard InChI is InChI=1S/C24H25N5O2S2/c1-4-29-23(19-7-5-6-8-20(19)31-3)27-28-24(29)33-15-18-14-32-22(26-18)13-21(30)25-17-11-9-16(2)10-12-17/h5-12,14H,4,13,15H2,1-3H3,(H,25,30). The Bertz CT molecular complexity index is 1230. The number of amides is 1. The number of rotatable bonds is 9. The van der Waals surface area contributed by atoms with Crippen molar-refractivity contribution in [3.8, 4) is 17.1 Å². The number of anilines is 1. The first kappa shape index (κ1) is 23.0. The van der Waals surface area contributed by atoms with E-state index in [2.05, 4.69) is 32.0 Å². The number of aryl methyl sites for hydroxylation is 1. The Kier molecular flexibility index (Phi) is 7.41. The molecule has 2 aromatic carbocycles. The fraction of sp³-hybridized carbons (Fsp3) is 0.250. The van der Waals surface area contributed by atoms with Crippen molar-refractivity contribution < 1.29 is 9.53 Å². The van der Waals surface area contributed by atoms with Gasteiger partial charge in [-0.05, 0) is 38.1 Å². The largest absolute Gasteiger partial charge is 0.496 e. The molecule has 0 spiro atoms. The van der Waals surface area contributed by atoms with Crippen LogP contribution in [0.4, 0.5) is 5.69 Å². The number of methoxy groups -OCH3 is 1. The lowest BCUT2D eigenvalue weighted by atomic mass is 10.2. The molecule has 33 heavy (non-hydrogen) atoms. The Morgan fingerprint density at radius 2 is 1.94 bits per heavy atom. The van der Waals surface area contributed by atoms with Crippen LogP contribution in [0.2, 0.25) is 0 Å². The second-order valence-corrected chi connectivity index (χ2v) is 9.25. The summed E-state index contributed by atoms with van der Waals surface area (Å²) in [6, 6.07) is 15.6. The molecule has 1 amide bonds. The number of hydrogen-bond acceptors (Lipinski definition) is 7. The first-order chi connectivity index (χ1) is 16.1. The van der Waals surface area contributed by atoms with Crippen LogP contribution < -0.4 is 10.1 Å². The van der Waals surface area contributed by atoms with Crippen molar-refractivity contribution in [3.63, 3.8) is 0 Å². The summed E-state index contributed by atoms with van der Waals surface area (Å²) >= 11 is 3.08. The molecule has 2 aromatic heterocycles. The zero-order chi connectivity index (χ0) is 23.2. The number of thiazole rings is 1. The summed E-state index contributed by atoms with van der Waals surface area (Å²) in [4.78, 5) is 17.0. The molecule has 1 N–H and O–H groups in total. The molecule has 4 rings (SSSR count). The van der Waals surface area contributed by atoms with Crippen molar-refractivity contribution in [2.45, 2.75) is 37.7 Å². The average molecular weight is 480 g/mol. The van der Waals surface area contributed by atoms with E-state index in [9.17, 15) is 4.79 Å². The lowest BCUT2D eigenvalue weighted by molar-refractivity contribution is -0.115. The highest BCUT2D eigenvalue weighted by atomic mass is 32.2. The molecule has 2 heterocycles. The van der Waals surface area contributed by atoms with Crippen molar-refractivity contribution in [3.05, 3.63) is 70.2 Å². The zero-order valence-corrected chi connectivity index (χ0v) is 20.4. The number of carbonyl (C=O) groups excluding carboxylic acids is 1. The predicted octanol–water partition coefficient (Wildman–Crippen LogP) is 5.21. The Morgan fingerprint density at radius 1 is 1.15 bits per heavy atom. The molecule has 0 fully saturated rings. The molecular weight excluding hydrogens is 454 g/mol. The minimum atomic E-state index is -0.0698. The number of para-hydroxylation sites is 1. The number of aromatic nitrogens is 4. The highest BCUT2D eigenvalue weighted by molar-refractivity contribution is 7.98. The Morgan fingerprint density at radius 3 is 2.70 bits per heavy atom. The van der Waals surface area contributed by atoms with E-state index in [1.165, 1.54) is 11.3 Å². The molecule has 0 radical (unpaired) electrons. The van der Waals surface area contributed by atoms with Gasteiger partial charge in [-0.15, -0.1) is 21.5 Å². The number of benzene rings is 2. The van der Waals surface area contributed by atoms with Crippen LogP contribution in [0.25, 0.3) is 11.4 Å². The number of ether oxygens (including phenoxy) is 1. The summed E-state index contributed by atoms with van der Waals surface area (Å²) in [5.41, 5.74) is 3.79. The van der Waals surface area contributed by atoms with Crippen molar-refractivity contribution in [1.82, 2.24) is 19.7 Å². The van der Waals surface area contributed by atoms with Gasteiger partial charge in [0.05, 0.1) is 24.8 Å². The molecule has 0 saturated heterocycles. The van der Waals surface area contributed by atoms with E-state index in [1.807, 2.05) is 60.8 Å². The van der Waals surface area contributed by atoms with Gasteiger partial charge in [-0.25, -0.2) is 4.98 Å². The predicted molar refractivity (Wildman–Crippen MR) is 133 cm³/mol. The molecule has 0 saturated carbocycles. The van der Waals surface area contributed by atoms with E-state index >= 15 is 0 Å². The summed E-state index contributed by atoms with van der Waals surface area (Å²) in [7, 11) is 1.65. The number of thioether (sulfide) groups is 1. The van der Waals surface area contributed by atoms with Gasteiger partial charge in [0.15, 0.2) is 11.0 Å². The first-order valence-corrected chi connectivity index (χ1v) is 12.4. The van der Waals surface area contributed by atoms with Crippen LogP contribution in [0.1, 0.15) is 23.2 Å². The van der Waals surface area contributed by atoms with Gasteiger partial charge < -0.3 is 14.6 Å². The van der Waals surface area contributed by atoms with Gasteiger partial charge in [0, 0.05) is 23.4 Å². The van der Waals surface area contributed by atoms with Crippen LogP contribution in [0.15, 0.2) is 59.1 Å². The van der Waals surface area contributed by atoms with E-state index in [-0.39, 0.29) is 12.3 Å². The third-order valence-corrected chi connectivity index (χ3v) is 6.87. The summed E-state index contributed by atoms with van der Waals surface area (Å²) in [6.45, 7) is 4.83. The van der Waals surface area contributed by atoms with Gasteiger partial charge in [-0.1, -0.05) is 41.6 Å². The molecule has 9 heteroatoms. The molecule has 4 aromatic rings. The van der Waals surface area contributed by atoms with E-state index in [4.69, 9.17) is 4.74 Å². The average Bonchev–Trinajstić information content (AvgIpc) is 3.45. The van der Waals surface area contributed by atoms with Crippen LogP contribution in [-0.2, 0) is 23.5 Å². The molecule has 0 aliphatic heterocycles. The van der Waals surface area contributed by atoms with Crippen LogP contribution in [0, 0.1) is 6.92 Å². The van der Waals surface area contributed by atoms with E-state index in [1.54, 1.807) is 18.9 Å². The highest BCUT2D eigenvalue weighted by Crippen LogP contribution is 2.31. The van der Waals surface area contributed by atoms with Gasteiger partial charge >= 0.3 is 0 Å². The van der Waals surface area contributed by atoms with Crippen LogP contribution in [0.3, 0.4) is 0 Å². The maximum Gasteiger partial charge on any atom is 0.231 e. The maximum absolute atomic E-state index is 12.3. The molecular formula is C24H25N5O2S2. The minimum Gasteiger partial charge on any atom is -0.496 e. The summed E-state index contributed by atoms with van der Waals surface area (Å²) in [5, 5.41) is 15.3. The van der Waals surface area contributed by atoms with E-state index < -0.39 is 0 Å². The van der Waals surface area contributed by atoms with Crippen molar-refractivity contribution in [2.24, 2.45) is 0 Å². The Balaban J connectivity index is 1.39. The second-order valence-electron chi connectivity index (χ2n) is 7.36. The topological polar surface area (TPSA) is 81.9 Å². The molecule has 0 aliphatic rings. The normalized spacial score (nSPS) is 10.9. The summed E-state index contributed by atoms with van der Waals surface area (Å²) in [6.07, 6.45) is 0.256. The lowest BCUT2D eigenvalue weighted by Crippen LogP contribution is -2.14. The molecule has 7 nitrogen and oxygen atoms in total. The Labute approximate surface area is 201 Å². The number of hydrogen-bond donors (Lipinski definition) is 1. The molecule has 0 atom stereocenters. The maximum atomic E-state index is 12.3. The number of nitrogens with zero attached hydrogens (tertiary/aromatic N) is 4. The SMILES string of the molecule is CCn1c(SCc2csc(CC(=O)Nc3ccc(C)cc3)n2)nnc1-c1ccccc1OC. The van der Waals surface area contributed by atoms with Crippen molar-refractivity contribution >= 4 is 34.7 Å². The first-order valence-electron chi connectivity index (χ1n) is 10.6.